The predicted molar refractivity (Wildman–Crippen MR) is 60.5 cm³/mol. The van der Waals surface area contributed by atoms with E-state index < -0.39 is 0 Å². The van der Waals surface area contributed by atoms with Crippen LogP contribution >= 0.6 is 11.8 Å². The second kappa shape index (κ2) is 5.37. The molecule has 0 aromatic rings. The number of nitrogens with one attached hydrogen (secondary N) is 2. The molecule has 1 rings (SSSR count). The highest BCUT2D eigenvalue weighted by atomic mass is 32.2. The number of rotatable bonds is 4. The lowest BCUT2D eigenvalue weighted by molar-refractivity contribution is 0.788. The Morgan fingerprint density at radius 2 is 2.31 bits per heavy atom. The maximum atomic E-state index is 4.16. The molecule has 0 saturated heterocycles. The minimum absolute atomic E-state index is 0.637. The van der Waals surface area contributed by atoms with Crippen LogP contribution in [0.15, 0.2) is 4.99 Å². The molecule has 0 aromatic heterocycles. The molecule has 2 N–H and O–H groups in total. The van der Waals surface area contributed by atoms with Crippen molar-refractivity contribution in [2.75, 3.05) is 19.8 Å². The van der Waals surface area contributed by atoms with E-state index in [0.29, 0.717) is 11.3 Å². The van der Waals surface area contributed by atoms with Gasteiger partial charge in [0.05, 0.1) is 0 Å². The Hall–Kier alpha value is -0.380. The molecular weight excluding hydrogens is 182 g/mol. The van der Waals surface area contributed by atoms with Gasteiger partial charge in [0.15, 0.2) is 5.96 Å². The summed E-state index contributed by atoms with van der Waals surface area (Å²) in [6.45, 7) is 3.19. The van der Waals surface area contributed by atoms with E-state index in [1.165, 1.54) is 12.8 Å². The van der Waals surface area contributed by atoms with Gasteiger partial charge in [-0.1, -0.05) is 6.92 Å². The molecule has 0 aromatic carbocycles. The Morgan fingerprint density at radius 3 is 2.77 bits per heavy atom. The van der Waals surface area contributed by atoms with Gasteiger partial charge in [-0.05, 0) is 19.1 Å². The third-order valence-corrected chi connectivity index (χ3v) is 3.07. The van der Waals surface area contributed by atoms with E-state index in [4.69, 9.17) is 0 Å². The second-order valence-corrected chi connectivity index (χ2v) is 4.69. The molecular formula is C9H19N3S. The third-order valence-electron chi connectivity index (χ3n) is 2.10. The fourth-order valence-corrected chi connectivity index (χ4v) is 1.19. The number of aliphatic imine (C=N–C) groups is 1. The molecule has 1 aliphatic carbocycles. The van der Waals surface area contributed by atoms with E-state index in [-0.39, 0.29) is 0 Å². The minimum Gasteiger partial charge on any atom is -0.355 e. The SMILES string of the molecule is CN=C(NCC(C)SC)NC1CC1. The zero-order valence-corrected chi connectivity index (χ0v) is 9.45. The molecule has 13 heavy (non-hydrogen) atoms. The van der Waals surface area contributed by atoms with Crippen molar-refractivity contribution in [3.05, 3.63) is 0 Å². The van der Waals surface area contributed by atoms with Gasteiger partial charge in [-0.2, -0.15) is 11.8 Å². The van der Waals surface area contributed by atoms with Crippen LogP contribution in [0.1, 0.15) is 19.8 Å². The average molecular weight is 201 g/mol. The highest BCUT2D eigenvalue weighted by molar-refractivity contribution is 7.99. The summed E-state index contributed by atoms with van der Waals surface area (Å²) in [4.78, 5) is 4.16. The van der Waals surface area contributed by atoms with E-state index in [1.807, 2.05) is 18.8 Å². The Morgan fingerprint density at radius 1 is 1.62 bits per heavy atom. The van der Waals surface area contributed by atoms with Crippen molar-refractivity contribution in [1.29, 1.82) is 0 Å². The lowest BCUT2D eigenvalue weighted by atomic mass is 10.5. The molecule has 4 heteroatoms. The van der Waals surface area contributed by atoms with Gasteiger partial charge in [-0.15, -0.1) is 0 Å². The van der Waals surface area contributed by atoms with E-state index in [2.05, 4.69) is 28.8 Å². The molecule has 0 amide bonds. The van der Waals surface area contributed by atoms with E-state index >= 15 is 0 Å². The lowest BCUT2D eigenvalue weighted by Gasteiger charge is -2.13. The van der Waals surface area contributed by atoms with Gasteiger partial charge < -0.3 is 10.6 Å². The summed E-state index contributed by atoms with van der Waals surface area (Å²) in [7, 11) is 1.82. The van der Waals surface area contributed by atoms with Crippen LogP contribution < -0.4 is 10.6 Å². The zero-order chi connectivity index (χ0) is 9.68. The summed E-state index contributed by atoms with van der Waals surface area (Å²) < 4.78 is 0. The highest BCUT2D eigenvalue weighted by Gasteiger charge is 2.22. The quantitative estimate of drug-likeness (QED) is 0.527. The Kier molecular flexibility index (Phi) is 4.42. The summed E-state index contributed by atoms with van der Waals surface area (Å²) in [6, 6.07) is 0.677. The highest BCUT2D eigenvalue weighted by Crippen LogP contribution is 2.18. The van der Waals surface area contributed by atoms with E-state index in [0.717, 1.165) is 12.5 Å². The van der Waals surface area contributed by atoms with Crippen LogP contribution in [0.5, 0.6) is 0 Å². The molecule has 1 atom stereocenters. The Labute approximate surface area is 84.8 Å². The predicted octanol–water partition coefficient (Wildman–Crippen LogP) is 1.07. The molecule has 0 spiro atoms. The molecule has 76 valence electrons. The summed E-state index contributed by atoms with van der Waals surface area (Å²) in [5.74, 6) is 0.948. The molecule has 1 unspecified atom stereocenters. The van der Waals surface area contributed by atoms with Crippen LogP contribution in [0.2, 0.25) is 0 Å². The largest absolute Gasteiger partial charge is 0.355 e. The number of guanidine groups is 1. The number of hydrogen-bond acceptors (Lipinski definition) is 2. The number of nitrogens with zero attached hydrogens (tertiary/aromatic N) is 1. The van der Waals surface area contributed by atoms with E-state index in [9.17, 15) is 0 Å². The van der Waals surface area contributed by atoms with Crippen molar-refractivity contribution in [3.8, 4) is 0 Å². The Balaban J connectivity index is 2.15. The first kappa shape index (κ1) is 10.7. The van der Waals surface area contributed by atoms with Crippen molar-refractivity contribution in [3.63, 3.8) is 0 Å². The molecule has 1 aliphatic rings. The van der Waals surface area contributed by atoms with Crippen LogP contribution in [0.25, 0.3) is 0 Å². The topological polar surface area (TPSA) is 36.4 Å². The van der Waals surface area contributed by atoms with Crippen LogP contribution in [0.3, 0.4) is 0 Å². The van der Waals surface area contributed by atoms with Gasteiger partial charge in [-0.3, -0.25) is 4.99 Å². The van der Waals surface area contributed by atoms with Gasteiger partial charge in [-0.25, -0.2) is 0 Å². The summed E-state index contributed by atoms with van der Waals surface area (Å²) >= 11 is 1.87. The van der Waals surface area contributed by atoms with Crippen molar-refractivity contribution in [1.82, 2.24) is 10.6 Å². The van der Waals surface area contributed by atoms with Gasteiger partial charge in [0.25, 0.3) is 0 Å². The van der Waals surface area contributed by atoms with Crippen molar-refractivity contribution in [2.24, 2.45) is 4.99 Å². The fraction of sp³-hybridized carbons (Fsp3) is 0.889. The fourth-order valence-electron chi connectivity index (χ4n) is 0.939. The number of hydrogen-bond donors (Lipinski definition) is 2. The zero-order valence-electron chi connectivity index (χ0n) is 8.63. The Bertz CT molecular complexity index is 178. The molecule has 0 bridgehead atoms. The maximum absolute atomic E-state index is 4.16. The standard InChI is InChI=1S/C9H19N3S/c1-7(13-3)6-11-9(10-2)12-8-4-5-8/h7-8H,4-6H2,1-3H3,(H2,10,11,12). The molecule has 1 fully saturated rings. The average Bonchev–Trinajstić information content (AvgIpc) is 2.95. The third kappa shape index (κ3) is 4.41. The van der Waals surface area contributed by atoms with Crippen molar-refractivity contribution >= 4 is 17.7 Å². The first-order chi connectivity index (χ1) is 6.26. The first-order valence-corrected chi connectivity index (χ1v) is 6.05. The van der Waals surface area contributed by atoms with E-state index in [1.54, 1.807) is 0 Å². The van der Waals surface area contributed by atoms with Gasteiger partial charge in [0.2, 0.25) is 0 Å². The number of thioether (sulfide) groups is 1. The lowest BCUT2D eigenvalue weighted by Crippen LogP contribution is -2.40. The van der Waals surface area contributed by atoms with Crippen LogP contribution in [-0.4, -0.2) is 37.1 Å². The molecule has 0 aliphatic heterocycles. The van der Waals surface area contributed by atoms with Crippen LogP contribution in [0.4, 0.5) is 0 Å². The second-order valence-electron chi connectivity index (χ2n) is 3.42. The van der Waals surface area contributed by atoms with Gasteiger partial charge in [0.1, 0.15) is 0 Å². The summed E-state index contributed by atoms with van der Waals surface area (Å²) in [6.07, 6.45) is 4.71. The maximum Gasteiger partial charge on any atom is 0.191 e. The van der Waals surface area contributed by atoms with Gasteiger partial charge in [0, 0.05) is 24.9 Å². The van der Waals surface area contributed by atoms with Crippen molar-refractivity contribution in [2.45, 2.75) is 31.1 Å². The monoisotopic (exact) mass is 201 g/mol. The summed E-state index contributed by atoms with van der Waals surface area (Å²) in [5.41, 5.74) is 0. The first-order valence-electron chi connectivity index (χ1n) is 4.76. The normalized spacial score (nSPS) is 19.8. The summed E-state index contributed by atoms with van der Waals surface area (Å²) in [5, 5.41) is 7.30. The van der Waals surface area contributed by atoms with Gasteiger partial charge >= 0.3 is 0 Å². The molecule has 1 saturated carbocycles. The molecule has 3 nitrogen and oxygen atoms in total. The van der Waals surface area contributed by atoms with Crippen molar-refractivity contribution < 1.29 is 0 Å². The minimum atomic E-state index is 0.637. The van der Waals surface area contributed by atoms with Crippen LogP contribution in [0, 0.1) is 0 Å². The van der Waals surface area contributed by atoms with Crippen LogP contribution in [-0.2, 0) is 0 Å². The molecule has 0 radical (unpaired) electrons. The smallest absolute Gasteiger partial charge is 0.191 e. The molecule has 0 heterocycles.